The Labute approximate surface area is 140 Å². The number of benzene rings is 1. The fraction of sp³-hybridized carbons (Fsp3) is 0.0667. The zero-order valence-corrected chi connectivity index (χ0v) is 13.7. The lowest BCUT2D eigenvalue weighted by Gasteiger charge is -2.04. The highest BCUT2D eigenvalue weighted by molar-refractivity contribution is 7.19. The summed E-state index contributed by atoms with van der Waals surface area (Å²) in [6.45, 7) is 1.43. The molecule has 0 atom stereocenters. The van der Waals surface area contributed by atoms with Gasteiger partial charge in [0.25, 0.3) is 5.91 Å². The first-order valence-electron chi connectivity index (χ1n) is 6.67. The van der Waals surface area contributed by atoms with Crippen molar-refractivity contribution in [1.29, 1.82) is 0 Å². The van der Waals surface area contributed by atoms with E-state index in [0.717, 1.165) is 10.6 Å². The van der Waals surface area contributed by atoms with Crippen LogP contribution in [0.1, 0.15) is 17.3 Å². The molecule has 116 valence electrons. The Morgan fingerprint density at radius 3 is 2.48 bits per heavy atom. The van der Waals surface area contributed by atoms with E-state index in [9.17, 15) is 9.59 Å². The van der Waals surface area contributed by atoms with E-state index >= 15 is 0 Å². The summed E-state index contributed by atoms with van der Waals surface area (Å²) in [4.78, 5) is 23.2. The average Bonchev–Trinajstić information content (AvgIpc) is 3.18. The first kappa shape index (κ1) is 15.3. The minimum atomic E-state index is -0.271. The topological polar surface area (TPSA) is 84.0 Å². The van der Waals surface area contributed by atoms with Crippen molar-refractivity contribution in [2.24, 2.45) is 0 Å². The summed E-state index contributed by atoms with van der Waals surface area (Å²) in [5.74, 6) is -0.426. The zero-order chi connectivity index (χ0) is 16.2. The minimum absolute atomic E-state index is 0.156. The van der Waals surface area contributed by atoms with Gasteiger partial charge in [0.05, 0.1) is 0 Å². The number of aromatic nitrogens is 2. The van der Waals surface area contributed by atoms with Gasteiger partial charge in [-0.05, 0) is 35.7 Å². The van der Waals surface area contributed by atoms with Crippen molar-refractivity contribution in [2.45, 2.75) is 6.92 Å². The third-order valence-corrected chi connectivity index (χ3v) is 4.45. The number of carbonyl (C=O) groups excluding carboxylic acids is 2. The number of thiophene rings is 1. The predicted octanol–water partition coefficient (Wildman–Crippen LogP) is 3.48. The third kappa shape index (κ3) is 3.79. The van der Waals surface area contributed by atoms with E-state index in [-0.39, 0.29) is 11.8 Å². The standard InChI is InChI=1S/C15H12N4O2S2/c1-9(20)16-12-4-2-10(3-5-12)13(21)17-15-19-18-14(23-15)11-6-7-22-8-11/h2-8H,1H3,(H,16,20)(H,17,19,21). The van der Waals surface area contributed by atoms with Gasteiger partial charge < -0.3 is 5.32 Å². The summed E-state index contributed by atoms with van der Waals surface area (Å²) in [6.07, 6.45) is 0. The molecule has 3 aromatic rings. The highest BCUT2D eigenvalue weighted by Crippen LogP contribution is 2.28. The van der Waals surface area contributed by atoms with Gasteiger partial charge in [-0.15, -0.1) is 10.2 Å². The molecule has 0 bridgehead atoms. The molecular formula is C15H12N4O2S2. The summed E-state index contributed by atoms with van der Waals surface area (Å²) in [5, 5.41) is 18.6. The van der Waals surface area contributed by atoms with E-state index in [1.165, 1.54) is 18.3 Å². The second-order valence-electron chi connectivity index (χ2n) is 4.64. The molecule has 8 heteroatoms. The van der Waals surface area contributed by atoms with Gasteiger partial charge in [-0.2, -0.15) is 11.3 Å². The van der Waals surface area contributed by atoms with Gasteiger partial charge in [-0.1, -0.05) is 11.3 Å². The molecule has 0 aliphatic carbocycles. The largest absolute Gasteiger partial charge is 0.326 e. The molecule has 2 aromatic heterocycles. The van der Waals surface area contributed by atoms with Crippen molar-refractivity contribution in [2.75, 3.05) is 10.6 Å². The summed E-state index contributed by atoms with van der Waals surface area (Å²) >= 11 is 2.90. The predicted molar refractivity (Wildman–Crippen MR) is 91.9 cm³/mol. The van der Waals surface area contributed by atoms with E-state index in [1.54, 1.807) is 35.6 Å². The second kappa shape index (κ2) is 6.67. The Morgan fingerprint density at radius 1 is 1.04 bits per heavy atom. The molecule has 0 saturated carbocycles. The lowest BCUT2D eigenvalue weighted by Crippen LogP contribution is -2.12. The van der Waals surface area contributed by atoms with Crippen LogP contribution in [0.2, 0.25) is 0 Å². The molecule has 2 N–H and O–H groups in total. The lowest BCUT2D eigenvalue weighted by molar-refractivity contribution is -0.114. The highest BCUT2D eigenvalue weighted by atomic mass is 32.1. The molecule has 23 heavy (non-hydrogen) atoms. The number of anilines is 2. The highest BCUT2D eigenvalue weighted by Gasteiger charge is 2.11. The van der Waals surface area contributed by atoms with E-state index in [0.29, 0.717) is 16.4 Å². The van der Waals surface area contributed by atoms with Crippen molar-refractivity contribution in [3.8, 4) is 10.6 Å². The maximum absolute atomic E-state index is 12.2. The van der Waals surface area contributed by atoms with Crippen molar-refractivity contribution in [3.05, 3.63) is 46.7 Å². The molecule has 0 spiro atoms. The fourth-order valence-electron chi connectivity index (χ4n) is 1.85. The van der Waals surface area contributed by atoms with Gasteiger partial charge in [-0.3, -0.25) is 14.9 Å². The van der Waals surface area contributed by atoms with Crippen molar-refractivity contribution < 1.29 is 9.59 Å². The van der Waals surface area contributed by atoms with Crippen molar-refractivity contribution >= 4 is 45.3 Å². The molecule has 0 aliphatic heterocycles. The second-order valence-corrected chi connectivity index (χ2v) is 6.39. The molecule has 0 unspecified atom stereocenters. The molecule has 0 saturated heterocycles. The van der Waals surface area contributed by atoms with Crippen LogP contribution in [-0.2, 0) is 4.79 Å². The number of amides is 2. The van der Waals surface area contributed by atoms with Gasteiger partial charge in [0.15, 0.2) is 0 Å². The number of hydrogen-bond donors (Lipinski definition) is 2. The third-order valence-electron chi connectivity index (χ3n) is 2.88. The summed E-state index contributed by atoms with van der Waals surface area (Å²) < 4.78 is 0. The SMILES string of the molecule is CC(=O)Nc1ccc(C(=O)Nc2nnc(-c3ccsc3)s2)cc1. The van der Waals surface area contributed by atoms with Crippen LogP contribution in [0.25, 0.3) is 10.6 Å². The number of hydrogen-bond acceptors (Lipinski definition) is 6. The molecule has 0 fully saturated rings. The lowest BCUT2D eigenvalue weighted by atomic mass is 10.2. The Morgan fingerprint density at radius 2 is 1.83 bits per heavy atom. The van der Waals surface area contributed by atoms with Crippen LogP contribution < -0.4 is 10.6 Å². The van der Waals surface area contributed by atoms with E-state index in [4.69, 9.17) is 0 Å². The van der Waals surface area contributed by atoms with Gasteiger partial charge in [0.1, 0.15) is 5.01 Å². The van der Waals surface area contributed by atoms with E-state index in [2.05, 4.69) is 20.8 Å². The zero-order valence-electron chi connectivity index (χ0n) is 12.1. The van der Waals surface area contributed by atoms with Crippen LogP contribution in [0.15, 0.2) is 41.1 Å². The maximum atomic E-state index is 12.2. The van der Waals surface area contributed by atoms with Gasteiger partial charge in [0.2, 0.25) is 11.0 Å². The van der Waals surface area contributed by atoms with Gasteiger partial charge in [-0.25, -0.2) is 0 Å². The van der Waals surface area contributed by atoms with Crippen LogP contribution in [0.3, 0.4) is 0 Å². The normalized spacial score (nSPS) is 10.3. The smallest absolute Gasteiger partial charge is 0.257 e. The Hall–Kier alpha value is -2.58. The monoisotopic (exact) mass is 344 g/mol. The minimum Gasteiger partial charge on any atom is -0.326 e. The van der Waals surface area contributed by atoms with Crippen molar-refractivity contribution in [3.63, 3.8) is 0 Å². The first-order valence-corrected chi connectivity index (χ1v) is 8.43. The average molecular weight is 344 g/mol. The van der Waals surface area contributed by atoms with Crippen LogP contribution in [0, 0.1) is 0 Å². The molecule has 0 radical (unpaired) electrons. The summed E-state index contributed by atoms with van der Waals surface area (Å²) in [6, 6.07) is 8.58. The van der Waals surface area contributed by atoms with Crippen LogP contribution in [0.5, 0.6) is 0 Å². The van der Waals surface area contributed by atoms with Crippen LogP contribution in [-0.4, -0.2) is 22.0 Å². The first-order chi connectivity index (χ1) is 11.1. The Bertz CT molecular complexity index is 826. The van der Waals surface area contributed by atoms with Crippen molar-refractivity contribution in [1.82, 2.24) is 10.2 Å². The summed E-state index contributed by atoms with van der Waals surface area (Å²) in [5.41, 5.74) is 2.11. The van der Waals surface area contributed by atoms with E-state index in [1.807, 2.05) is 16.8 Å². The molecule has 2 amide bonds. The number of nitrogens with one attached hydrogen (secondary N) is 2. The maximum Gasteiger partial charge on any atom is 0.257 e. The Balaban J connectivity index is 1.68. The molecule has 0 aliphatic rings. The number of nitrogens with zero attached hydrogens (tertiary/aromatic N) is 2. The van der Waals surface area contributed by atoms with Gasteiger partial charge in [0, 0.05) is 29.1 Å². The number of carbonyl (C=O) groups is 2. The molecule has 3 rings (SSSR count). The number of rotatable bonds is 4. The fourth-order valence-corrected chi connectivity index (χ4v) is 3.30. The van der Waals surface area contributed by atoms with Gasteiger partial charge >= 0.3 is 0 Å². The quantitative estimate of drug-likeness (QED) is 0.759. The molecular weight excluding hydrogens is 332 g/mol. The molecule has 6 nitrogen and oxygen atoms in total. The molecule has 1 aromatic carbocycles. The summed E-state index contributed by atoms with van der Waals surface area (Å²) in [7, 11) is 0. The van der Waals surface area contributed by atoms with Crippen LogP contribution in [0.4, 0.5) is 10.8 Å². The Kier molecular flexibility index (Phi) is 4.45. The van der Waals surface area contributed by atoms with Crippen LogP contribution >= 0.6 is 22.7 Å². The van der Waals surface area contributed by atoms with E-state index < -0.39 is 0 Å². The molecule has 2 heterocycles.